The zero-order valence-electron chi connectivity index (χ0n) is 12.1. The minimum absolute atomic E-state index is 0.291. The lowest BCUT2D eigenvalue weighted by Crippen LogP contribution is -2.32. The Hall–Kier alpha value is -0.420. The van der Waals surface area contributed by atoms with E-state index in [1.807, 2.05) is 6.07 Å². The van der Waals surface area contributed by atoms with Gasteiger partial charge in [0.15, 0.2) is 0 Å². The quantitative estimate of drug-likeness (QED) is 0.613. The topological polar surface area (TPSA) is 41.5 Å². The number of aliphatic hydroxyl groups is 1. The predicted molar refractivity (Wildman–Crippen MR) is 81.7 cm³/mol. The Bertz CT molecular complexity index is 303. The Labute approximate surface area is 121 Å². The molecule has 0 aliphatic carbocycles. The maximum atomic E-state index is 9.81. The van der Waals surface area contributed by atoms with Gasteiger partial charge in [0.2, 0.25) is 0 Å². The van der Waals surface area contributed by atoms with Crippen molar-refractivity contribution in [1.29, 1.82) is 0 Å². The number of nitrogens with one attached hydrogen (secondary N) is 1. The number of unbranched alkanes of at least 4 members (excludes halogenated alkanes) is 3. The third kappa shape index (κ3) is 7.67. The molecule has 0 aliphatic rings. The van der Waals surface area contributed by atoms with E-state index < -0.39 is 6.10 Å². The van der Waals surface area contributed by atoms with Gasteiger partial charge in [0.1, 0.15) is 0 Å². The van der Waals surface area contributed by atoms with Gasteiger partial charge >= 0.3 is 0 Å². The van der Waals surface area contributed by atoms with Crippen LogP contribution in [0.25, 0.3) is 0 Å². The van der Waals surface area contributed by atoms with Crippen LogP contribution < -0.4 is 5.32 Å². The normalized spacial score (nSPS) is 14.5. The molecule has 110 valence electrons. The van der Waals surface area contributed by atoms with E-state index >= 15 is 0 Å². The maximum Gasteiger partial charge on any atom is 0.0897 e. The second kappa shape index (κ2) is 10.4. The van der Waals surface area contributed by atoms with E-state index in [9.17, 15) is 5.11 Å². The molecule has 0 saturated carbocycles. The summed E-state index contributed by atoms with van der Waals surface area (Å²) in [5.74, 6) is 0. The summed E-state index contributed by atoms with van der Waals surface area (Å²) >= 11 is 1.74. The number of hydrogen-bond acceptors (Lipinski definition) is 4. The van der Waals surface area contributed by atoms with E-state index in [-0.39, 0.29) is 0 Å². The fraction of sp³-hybridized carbons (Fsp3) is 0.733. The summed E-state index contributed by atoms with van der Waals surface area (Å²) in [5, 5.41) is 15.2. The van der Waals surface area contributed by atoms with Crippen LogP contribution in [0.3, 0.4) is 0 Å². The summed E-state index contributed by atoms with van der Waals surface area (Å²) in [4.78, 5) is 1.30. The van der Waals surface area contributed by atoms with Gasteiger partial charge < -0.3 is 15.2 Å². The van der Waals surface area contributed by atoms with Gasteiger partial charge in [-0.25, -0.2) is 0 Å². The molecule has 0 amide bonds. The fourth-order valence-electron chi connectivity index (χ4n) is 1.86. The lowest BCUT2D eigenvalue weighted by atomic mass is 10.2. The molecule has 19 heavy (non-hydrogen) atoms. The van der Waals surface area contributed by atoms with Crippen molar-refractivity contribution in [3.63, 3.8) is 0 Å². The molecule has 1 aromatic heterocycles. The van der Waals surface area contributed by atoms with Crippen molar-refractivity contribution in [2.24, 2.45) is 0 Å². The molecular formula is C15H27NO2S. The Balaban J connectivity index is 2.00. The third-order valence-corrected chi connectivity index (χ3v) is 4.14. The SMILES string of the molecule is CCCCCCOCC(O)CN[C@H](C)c1cccs1. The first kappa shape index (κ1) is 16.6. The summed E-state index contributed by atoms with van der Waals surface area (Å²) in [6.45, 7) is 6.08. The lowest BCUT2D eigenvalue weighted by Gasteiger charge is -2.16. The molecular weight excluding hydrogens is 258 g/mol. The highest BCUT2D eigenvalue weighted by atomic mass is 32.1. The molecule has 2 atom stereocenters. The van der Waals surface area contributed by atoms with Gasteiger partial charge in [0, 0.05) is 24.1 Å². The zero-order chi connectivity index (χ0) is 13.9. The molecule has 0 radical (unpaired) electrons. The van der Waals surface area contributed by atoms with E-state index in [1.165, 1.54) is 24.1 Å². The molecule has 0 bridgehead atoms. The van der Waals surface area contributed by atoms with Crippen molar-refractivity contribution >= 4 is 11.3 Å². The average Bonchev–Trinajstić information content (AvgIpc) is 2.94. The molecule has 0 spiro atoms. The molecule has 0 fully saturated rings. The van der Waals surface area contributed by atoms with Crippen LogP contribution in [0, 0.1) is 0 Å². The van der Waals surface area contributed by atoms with Gasteiger partial charge in [-0.1, -0.05) is 32.3 Å². The number of ether oxygens (including phenoxy) is 1. The second-order valence-corrected chi connectivity index (χ2v) is 5.91. The number of thiophene rings is 1. The van der Waals surface area contributed by atoms with Crippen LogP contribution in [0.4, 0.5) is 0 Å². The van der Waals surface area contributed by atoms with Crippen LogP contribution in [-0.2, 0) is 4.74 Å². The lowest BCUT2D eigenvalue weighted by molar-refractivity contribution is 0.0344. The maximum absolute atomic E-state index is 9.81. The highest BCUT2D eigenvalue weighted by Crippen LogP contribution is 2.17. The van der Waals surface area contributed by atoms with E-state index in [2.05, 4.69) is 30.6 Å². The monoisotopic (exact) mass is 285 g/mol. The van der Waals surface area contributed by atoms with E-state index in [1.54, 1.807) is 11.3 Å². The average molecular weight is 285 g/mol. The van der Waals surface area contributed by atoms with Crippen molar-refractivity contribution in [2.45, 2.75) is 51.7 Å². The van der Waals surface area contributed by atoms with Gasteiger partial charge in [-0.3, -0.25) is 0 Å². The molecule has 1 heterocycles. The molecule has 1 unspecified atom stereocenters. The molecule has 4 heteroatoms. The number of hydrogen-bond donors (Lipinski definition) is 2. The first-order valence-electron chi connectivity index (χ1n) is 7.26. The summed E-state index contributed by atoms with van der Waals surface area (Å²) in [6, 6.07) is 4.45. The van der Waals surface area contributed by atoms with Gasteiger partial charge in [0.05, 0.1) is 12.7 Å². The van der Waals surface area contributed by atoms with Crippen LogP contribution in [0.1, 0.15) is 50.4 Å². The predicted octanol–water partition coefficient (Wildman–Crippen LogP) is 3.36. The van der Waals surface area contributed by atoms with Crippen LogP contribution in [0.5, 0.6) is 0 Å². The number of aliphatic hydroxyl groups excluding tert-OH is 1. The van der Waals surface area contributed by atoms with Gasteiger partial charge in [-0.05, 0) is 24.8 Å². The summed E-state index contributed by atoms with van der Waals surface area (Å²) < 4.78 is 5.48. The smallest absolute Gasteiger partial charge is 0.0897 e. The summed E-state index contributed by atoms with van der Waals surface area (Å²) in [5.41, 5.74) is 0. The van der Waals surface area contributed by atoms with E-state index in [4.69, 9.17) is 4.74 Å². The summed E-state index contributed by atoms with van der Waals surface area (Å²) in [7, 11) is 0. The van der Waals surface area contributed by atoms with Gasteiger partial charge in [-0.15, -0.1) is 11.3 Å². The van der Waals surface area contributed by atoms with Crippen LogP contribution in [-0.4, -0.2) is 31.0 Å². The molecule has 0 saturated heterocycles. The largest absolute Gasteiger partial charge is 0.389 e. The molecule has 3 nitrogen and oxygen atoms in total. The third-order valence-electron chi connectivity index (χ3n) is 3.08. The van der Waals surface area contributed by atoms with Crippen molar-refractivity contribution in [3.8, 4) is 0 Å². The first-order valence-corrected chi connectivity index (χ1v) is 8.14. The Morgan fingerprint density at radius 2 is 2.21 bits per heavy atom. The molecule has 1 rings (SSSR count). The van der Waals surface area contributed by atoms with E-state index in [0.717, 1.165) is 13.0 Å². The minimum Gasteiger partial charge on any atom is -0.389 e. The van der Waals surface area contributed by atoms with Crippen LogP contribution in [0.2, 0.25) is 0 Å². The Morgan fingerprint density at radius 1 is 1.37 bits per heavy atom. The number of rotatable bonds is 11. The molecule has 0 aromatic carbocycles. The van der Waals surface area contributed by atoms with Gasteiger partial charge in [0.25, 0.3) is 0 Å². The highest BCUT2D eigenvalue weighted by molar-refractivity contribution is 7.10. The Morgan fingerprint density at radius 3 is 2.89 bits per heavy atom. The molecule has 1 aromatic rings. The van der Waals surface area contributed by atoms with Crippen LogP contribution in [0.15, 0.2) is 17.5 Å². The summed E-state index contributed by atoms with van der Waals surface area (Å²) in [6.07, 6.45) is 4.41. The fourth-order valence-corrected chi connectivity index (χ4v) is 2.62. The van der Waals surface area contributed by atoms with Crippen molar-refractivity contribution in [1.82, 2.24) is 5.32 Å². The van der Waals surface area contributed by atoms with E-state index in [0.29, 0.717) is 19.2 Å². The highest BCUT2D eigenvalue weighted by Gasteiger charge is 2.09. The molecule has 0 aliphatic heterocycles. The second-order valence-electron chi connectivity index (χ2n) is 4.93. The Kier molecular flexibility index (Phi) is 9.08. The first-order chi connectivity index (χ1) is 9.24. The van der Waals surface area contributed by atoms with Crippen molar-refractivity contribution < 1.29 is 9.84 Å². The zero-order valence-corrected chi connectivity index (χ0v) is 12.9. The van der Waals surface area contributed by atoms with Gasteiger partial charge in [-0.2, -0.15) is 0 Å². The standard InChI is InChI=1S/C15H27NO2S/c1-3-4-5-6-9-18-12-14(17)11-16-13(2)15-8-7-10-19-15/h7-8,10,13-14,16-17H,3-6,9,11-12H2,1-2H3/t13-,14?/m1/s1. The van der Waals surface area contributed by atoms with Crippen LogP contribution >= 0.6 is 11.3 Å². The van der Waals surface area contributed by atoms with Crippen molar-refractivity contribution in [2.75, 3.05) is 19.8 Å². The molecule has 2 N–H and O–H groups in total. The minimum atomic E-state index is -0.423. The van der Waals surface area contributed by atoms with Crippen molar-refractivity contribution in [3.05, 3.63) is 22.4 Å².